The van der Waals surface area contributed by atoms with Crippen LogP contribution >= 0.6 is 0 Å². The smallest absolute Gasteiger partial charge is 0.220 e. The van der Waals surface area contributed by atoms with Gasteiger partial charge in [-0.15, -0.1) is 0 Å². The topological polar surface area (TPSA) is 75.3 Å². The van der Waals surface area contributed by atoms with E-state index in [-0.39, 0.29) is 23.2 Å². The number of nitrogens with one attached hydrogen (secondary N) is 2. The standard InChI is InChI=1S/C11H20N2O3S/c1-17(15,16)10-4-2-3-9(10)12-7-8-5-6-11(14)13-8/h8-10,12H,2-7H2,1H3,(H,13,14). The van der Waals surface area contributed by atoms with Crippen LogP contribution in [0, 0.1) is 0 Å². The molecular formula is C11H20N2O3S. The van der Waals surface area contributed by atoms with Crippen LogP contribution < -0.4 is 10.6 Å². The zero-order chi connectivity index (χ0) is 12.5. The van der Waals surface area contributed by atoms with E-state index in [0.29, 0.717) is 13.0 Å². The molecule has 0 aromatic carbocycles. The Hall–Kier alpha value is -0.620. The fourth-order valence-electron chi connectivity index (χ4n) is 2.80. The third kappa shape index (κ3) is 3.19. The molecule has 0 aromatic heterocycles. The largest absolute Gasteiger partial charge is 0.352 e. The minimum atomic E-state index is -2.96. The minimum absolute atomic E-state index is 0.0579. The van der Waals surface area contributed by atoms with Gasteiger partial charge in [0.2, 0.25) is 5.91 Å². The molecule has 1 saturated carbocycles. The van der Waals surface area contributed by atoms with Crippen LogP contribution in [0.4, 0.5) is 0 Å². The van der Waals surface area contributed by atoms with E-state index in [9.17, 15) is 13.2 Å². The van der Waals surface area contributed by atoms with Gasteiger partial charge in [-0.25, -0.2) is 8.42 Å². The van der Waals surface area contributed by atoms with Gasteiger partial charge in [0.25, 0.3) is 0 Å². The Morgan fingerprint density at radius 3 is 2.71 bits per heavy atom. The number of rotatable bonds is 4. The molecule has 1 aliphatic heterocycles. The number of sulfone groups is 1. The predicted molar refractivity (Wildman–Crippen MR) is 65.4 cm³/mol. The lowest BCUT2D eigenvalue weighted by atomic mass is 10.2. The van der Waals surface area contributed by atoms with Crippen molar-refractivity contribution in [1.82, 2.24) is 10.6 Å². The molecule has 0 radical (unpaired) electrons. The van der Waals surface area contributed by atoms with Gasteiger partial charge in [0.1, 0.15) is 0 Å². The van der Waals surface area contributed by atoms with Gasteiger partial charge in [0, 0.05) is 31.3 Å². The van der Waals surface area contributed by atoms with Crippen LogP contribution in [-0.4, -0.2) is 44.5 Å². The van der Waals surface area contributed by atoms with Crippen LogP contribution in [0.3, 0.4) is 0 Å². The molecule has 0 aromatic rings. The van der Waals surface area contributed by atoms with Crippen LogP contribution in [0.1, 0.15) is 32.1 Å². The summed E-state index contributed by atoms with van der Waals surface area (Å²) in [4.78, 5) is 11.0. The number of carbonyl (C=O) groups excluding carboxylic acids is 1. The Balaban J connectivity index is 1.84. The van der Waals surface area contributed by atoms with E-state index in [0.717, 1.165) is 25.7 Å². The van der Waals surface area contributed by atoms with Crippen molar-refractivity contribution in [1.29, 1.82) is 0 Å². The SMILES string of the molecule is CS(=O)(=O)C1CCCC1NCC1CCC(=O)N1. The van der Waals surface area contributed by atoms with Gasteiger partial charge < -0.3 is 10.6 Å². The maximum atomic E-state index is 11.6. The molecule has 98 valence electrons. The Kier molecular flexibility index (Phi) is 3.73. The van der Waals surface area contributed by atoms with Gasteiger partial charge in [-0.3, -0.25) is 4.79 Å². The maximum Gasteiger partial charge on any atom is 0.220 e. The van der Waals surface area contributed by atoms with Crippen molar-refractivity contribution in [3.05, 3.63) is 0 Å². The molecule has 1 saturated heterocycles. The van der Waals surface area contributed by atoms with Crippen LogP contribution in [0.5, 0.6) is 0 Å². The summed E-state index contributed by atoms with van der Waals surface area (Å²) in [6.07, 6.45) is 5.39. The molecule has 2 N–H and O–H groups in total. The normalized spacial score (nSPS) is 33.9. The zero-order valence-electron chi connectivity index (χ0n) is 10.1. The van der Waals surface area contributed by atoms with Crippen molar-refractivity contribution >= 4 is 15.7 Å². The van der Waals surface area contributed by atoms with Gasteiger partial charge in [0.05, 0.1) is 5.25 Å². The molecule has 17 heavy (non-hydrogen) atoms. The lowest BCUT2D eigenvalue weighted by molar-refractivity contribution is -0.119. The molecule has 3 unspecified atom stereocenters. The highest BCUT2D eigenvalue weighted by Gasteiger charge is 2.35. The third-order valence-electron chi connectivity index (χ3n) is 3.71. The summed E-state index contributed by atoms with van der Waals surface area (Å²) in [6.45, 7) is 0.683. The summed E-state index contributed by atoms with van der Waals surface area (Å²) >= 11 is 0. The monoisotopic (exact) mass is 260 g/mol. The van der Waals surface area contributed by atoms with Crippen molar-refractivity contribution in [3.8, 4) is 0 Å². The highest BCUT2D eigenvalue weighted by Crippen LogP contribution is 2.25. The second-order valence-electron chi connectivity index (χ2n) is 5.12. The molecule has 5 nitrogen and oxygen atoms in total. The fraction of sp³-hybridized carbons (Fsp3) is 0.909. The molecule has 0 spiro atoms. The number of carbonyl (C=O) groups is 1. The van der Waals surface area contributed by atoms with Gasteiger partial charge >= 0.3 is 0 Å². The first-order chi connectivity index (χ1) is 7.97. The summed E-state index contributed by atoms with van der Waals surface area (Å²) in [7, 11) is -2.96. The van der Waals surface area contributed by atoms with Crippen molar-refractivity contribution in [2.24, 2.45) is 0 Å². The third-order valence-corrected chi connectivity index (χ3v) is 5.38. The lowest BCUT2D eigenvalue weighted by Crippen LogP contribution is -2.45. The van der Waals surface area contributed by atoms with E-state index in [1.807, 2.05) is 0 Å². The molecule has 1 aliphatic carbocycles. The van der Waals surface area contributed by atoms with E-state index >= 15 is 0 Å². The van der Waals surface area contributed by atoms with E-state index in [1.165, 1.54) is 6.26 Å². The highest BCUT2D eigenvalue weighted by atomic mass is 32.2. The highest BCUT2D eigenvalue weighted by molar-refractivity contribution is 7.91. The average molecular weight is 260 g/mol. The summed E-state index contributed by atoms with van der Waals surface area (Å²) in [5.74, 6) is 0.0999. The summed E-state index contributed by atoms with van der Waals surface area (Å²) in [6, 6.07) is 0.228. The van der Waals surface area contributed by atoms with Crippen molar-refractivity contribution < 1.29 is 13.2 Å². The van der Waals surface area contributed by atoms with Crippen molar-refractivity contribution in [2.75, 3.05) is 12.8 Å². The second-order valence-corrected chi connectivity index (χ2v) is 7.38. The first kappa shape index (κ1) is 12.8. The van der Waals surface area contributed by atoms with Crippen LogP contribution in [0.25, 0.3) is 0 Å². The lowest BCUT2D eigenvalue weighted by Gasteiger charge is -2.21. The van der Waals surface area contributed by atoms with Gasteiger partial charge in [-0.2, -0.15) is 0 Å². The predicted octanol–water partition coefficient (Wildman–Crippen LogP) is -0.180. The van der Waals surface area contributed by atoms with Crippen molar-refractivity contribution in [2.45, 2.75) is 49.4 Å². The molecular weight excluding hydrogens is 240 g/mol. The number of hydrogen-bond donors (Lipinski definition) is 2. The Bertz CT molecular complexity index is 394. The van der Waals surface area contributed by atoms with E-state index in [4.69, 9.17) is 0 Å². The first-order valence-electron chi connectivity index (χ1n) is 6.18. The number of amides is 1. The minimum Gasteiger partial charge on any atom is -0.352 e. The van der Waals surface area contributed by atoms with Gasteiger partial charge in [-0.1, -0.05) is 6.42 Å². The van der Waals surface area contributed by atoms with Crippen molar-refractivity contribution in [3.63, 3.8) is 0 Å². The second kappa shape index (κ2) is 4.94. The van der Waals surface area contributed by atoms with Crippen LogP contribution in [-0.2, 0) is 14.6 Å². The molecule has 2 rings (SSSR count). The molecule has 2 fully saturated rings. The quantitative estimate of drug-likeness (QED) is 0.735. The zero-order valence-corrected chi connectivity index (χ0v) is 10.9. The molecule has 1 heterocycles. The molecule has 2 aliphatic rings. The fourth-order valence-corrected chi connectivity index (χ4v) is 4.22. The van der Waals surface area contributed by atoms with Crippen LogP contribution in [0.2, 0.25) is 0 Å². The maximum absolute atomic E-state index is 11.6. The first-order valence-corrected chi connectivity index (χ1v) is 8.14. The summed E-state index contributed by atoms with van der Waals surface area (Å²) < 4.78 is 23.2. The van der Waals surface area contributed by atoms with Crippen LogP contribution in [0.15, 0.2) is 0 Å². The number of hydrogen-bond acceptors (Lipinski definition) is 4. The Labute approximate surface area is 102 Å². The molecule has 0 bridgehead atoms. The molecule has 6 heteroatoms. The van der Waals surface area contributed by atoms with E-state index in [1.54, 1.807) is 0 Å². The summed E-state index contributed by atoms with van der Waals surface area (Å²) in [5, 5.41) is 5.94. The Morgan fingerprint density at radius 2 is 2.12 bits per heavy atom. The van der Waals surface area contributed by atoms with E-state index < -0.39 is 9.84 Å². The molecule has 3 atom stereocenters. The molecule has 1 amide bonds. The summed E-state index contributed by atoms with van der Waals surface area (Å²) in [5.41, 5.74) is 0. The Morgan fingerprint density at radius 1 is 1.35 bits per heavy atom. The van der Waals surface area contributed by atoms with Gasteiger partial charge in [0.15, 0.2) is 9.84 Å². The van der Waals surface area contributed by atoms with Gasteiger partial charge in [-0.05, 0) is 19.3 Å². The van der Waals surface area contributed by atoms with E-state index in [2.05, 4.69) is 10.6 Å². The average Bonchev–Trinajstić information content (AvgIpc) is 2.81.